The number of nitrogens with zero attached hydrogens (tertiary/aromatic N) is 4. The zero-order valence-electron chi connectivity index (χ0n) is 15.6. The van der Waals surface area contributed by atoms with Crippen molar-refractivity contribution in [3.8, 4) is 0 Å². The highest BCUT2D eigenvalue weighted by atomic mass is 15.2. The third-order valence-electron chi connectivity index (χ3n) is 4.78. The van der Waals surface area contributed by atoms with Crippen LogP contribution in [0, 0.1) is 0 Å². The summed E-state index contributed by atoms with van der Waals surface area (Å²) >= 11 is 0. The van der Waals surface area contributed by atoms with Crippen LogP contribution in [0.2, 0.25) is 0 Å². The minimum atomic E-state index is 0.512. The first kappa shape index (κ1) is 17.7. The standard InChI is InChI=1S/C20H29N5/c1-4-5-17-12-20(23-15-22-17)25-11-10-18(14-25)21-13-16-6-8-19(9-7-16)24(2)3/h6-9,12,15,18,21H,4-5,10-11,13-14H2,1-3H3. The predicted molar refractivity (Wildman–Crippen MR) is 104 cm³/mol. The van der Waals surface area contributed by atoms with Crippen LogP contribution in [-0.2, 0) is 13.0 Å². The van der Waals surface area contributed by atoms with Crippen molar-refractivity contribution in [1.82, 2.24) is 15.3 Å². The average Bonchev–Trinajstić information content (AvgIpc) is 3.10. The molecule has 1 fully saturated rings. The molecule has 0 saturated carbocycles. The van der Waals surface area contributed by atoms with Crippen molar-refractivity contribution in [3.05, 3.63) is 47.9 Å². The van der Waals surface area contributed by atoms with Crippen molar-refractivity contribution < 1.29 is 0 Å². The maximum atomic E-state index is 4.46. The van der Waals surface area contributed by atoms with Gasteiger partial charge in [0, 0.05) is 57.2 Å². The molecule has 2 heterocycles. The minimum Gasteiger partial charge on any atom is -0.378 e. The van der Waals surface area contributed by atoms with Crippen molar-refractivity contribution >= 4 is 11.5 Å². The lowest BCUT2D eigenvalue weighted by molar-refractivity contribution is 0.551. The van der Waals surface area contributed by atoms with Gasteiger partial charge in [0.25, 0.3) is 0 Å². The third-order valence-corrected chi connectivity index (χ3v) is 4.78. The zero-order chi connectivity index (χ0) is 17.6. The number of anilines is 2. The summed E-state index contributed by atoms with van der Waals surface area (Å²) in [6.45, 7) is 5.16. The fourth-order valence-corrected chi connectivity index (χ4v) is 3.26. The van der Waals surface area contributed by atoms with Gasteiger partial charge < -0.3 is 15.1 Å². The van der Waals surface area contributed by atoms with Crippen LogP contribution in [0.1, 0.15) is 31.0 Å². The van der Waals surface area contributed by atoms with Crippen LogP contribution in [0.25, 0.3) is 0 Å². The topological polar surface area (TPSA) is 44.3 Å². The van der Waals surface area contributed by atoms with E-state index in [4.69, 9.17) is 0 Å². The Morgan fingerprint density at radius 1 is 1.20 bits per heavy atom. The van der Waals surface area contributed by atoms with Gasteiger partial charge in [0.15, 0.2) is 0 Å². The first-order chi connectivity index (χ1) is 12.2. The van der Waals surface area contributed by atoms with E-state index in [1.54, 1.807) is 6.33 Å². The maximum Gasteiger partial charge on any atom is 0.132 e. The summed E-state index contributed by atoms with van der Waals surface area (Å²) < 4.78 is 0. The lowest BCUT2D eigenvalue weighted by Crippen LogP contribution is -2.32. The monoisotopic (exact) mass is 339 g/mol. The zero-order valence-corrected chi connectivity index (χ0v) is 15.6. The molecule has 1 aromatic heterocycles. The largest absolute Gasteiger partial charge is 0.378 e. The van der Waals surface area contributed by atoms with E-state index in [0.29, 0.717) is 6.04 Å². The van der Waals surface area contributed by atoms with E-state index in [-0.39, 0.29) is 0 Å². The smallest absolute Gasteiger partial charge is 0.132 e. The van der Waals surface area contributed by atoms with E-state index in [2.05, 4.69) is 76.4 Å². The Balaban J connectivity index is 1.52. The molecule has 2 aromatic rings. The second-order valence-corrected chi connectivity index (χ2v) is 6.99. The number of nitrogens with one attached hydrogen (secondary N) is 1. The molecule has 1 aliphatic heterocycles. The van der Waals surface area contributed by atoms with Gasteiger partial charge in [-0.1, -0.05) is 25.5 Å². The second-order valence-electron chi connectivity index (χ2n) is 6.99. The molecule has 1 aromatic carbocycles. The Kier molecular flexibility index (Phi) is 5.87. The van der Waals surface area contributed by atoms with Crippen molar-refractivity contribution in [2.75, 3.05) is 37.0 Å². The Bertz CT molecular complexity index is 668. The Labute approximate surface area is 151 Å². The van der Waals surface area contributed by atoms with Gasteiger partial charge in [-0.2, -0.15) is 0 Å². The van der Waals surface area contributed by atoms with Crippen LogP contribution in [0.3, 0.4) is 0 Å². The lowest BCUT2D eigenvalue weighted by Gasteiger charge is -2.18. The van der Waals surface area contributed by atoms with Crippen LogP contribution in [0.15, 0.2) is 36.7 Å². The summed E-state index contributed by atoms with van der Waals surface area (Å²) in [5.41, 5.74) is 3.71. The summed E-state index contributed by atoms with van der Waals surface area (Å²) in [5, 5.41) is 3.69. The van der Waals surface area contributed by atoms with Gasteiger partial charge in [-0.05, 0) is 30.5 Å². The van der Waals surface area contributed by atoms with Crippen LogP contribution < -0.4 is 15.1 Å². The number of aromatic nitrogens is 2. The molecule has 1 aliphatic rings. The molecule has 1 atom stereocenters. The SMILES string of the molecule is CCCc1cc(N2CCC(NCc3ccc(N(C)C)cc3)C2)ncn1. The van der Waals surface area contributed by atoms with Gasteiger partial charge in [-0.25, -0.2) is 9.97 Å². The normalized spacial score (nSPS) is 17.1. The van der Waals surface area contributed by atoms with Gasteiger partial charge in [0.1, 0.15) is 12.1 Å². The van der Waals surface area contributed by atoms with Crippen molar-refractivity contribution in [2.24, 2.45) is 0 Å². The van der Waals surface area contributed by atoms with E-state index >= 15 is 0 Å². The van der Waals surface area contributed by atoms with Crippen LogP contribution >= 0.6 is 0 Å². The van der Waals surface area contributed by atoms with Gasteiger partial charge in [0.2, 0.25) is 0 Å². The summed E-state index contributed by atoms with van der Waals surface area (Å²) in [6.07, 6.45) is 5.00. The maximum absolute atomic E-state index is 4.46. The van der Waals surface area contributed by atoms with Crippen molar-refractivity contribution in [1.29, 1.82) is 0 Å². The van der Waals surface area contributed by atoms with E-state index < -0.39 is 0 Å². The van der Waals surface area contributed by atoms with Crippen LogP contribution in [0.5, 0.6) is 0 Å². The Hall–Kier alpha value is -2.14. The molecule has 134 valence electrons. The molecule has 1 saturated heterocycles. The average molecular weight is 339 g/mol. The summed E-state index contributed by atoms with van der Waals surface area (Å²) in [6, 6.07) is 11.4. The van der Waals surface area contributed by atoms with Gasteiger partial charge in [-0.15, -0.1) is 0 Å². The lowest BCUT2D eigenvalue weighted by atomic mass is 10.2. The number of hydrogen-bond acceptors (Lipinski definition) is 5. The fraction of sp³-hybridized carbons (Fsp3) is 0.500. The molecule has 3 rings (SSSR count). The molecule has 5 heteroatoms. The minimum absolute atomic E-state index is 0.512. The molecule has 0 bridgehead atoms. The van der Waals surface area contributed by atoms with Crippen LogP contribution in [-0.4, -0.2) is 43.2 Å². The highest BCUT2D eigenvalue weighted by Gasteiger charge is 2.23. The number of benzene rings is 1. The molecule has 1 unspecified atom stereocenters. The molecule has 5 nitrogen and oxygen atoms in total. The highest BCUT2D eigenvalue weighted by Crippen LogP contribution is 2.19. The van der Waals surface area contributed by atoms with Gasteiger partial charge >= 0.3 is 0 Å². The highest BCUT2D eigenvalue weighted by molar-refractivity contribution is 5.46. The molecule has 0 aliphatic carbocycles. The first-order valence-corrected chi connectivity index (χ1v) is 9.21. The number of aryl methyl sites for hydroxylation is 1. The molecule has 25 heavy (non-hydrogen) atoms. The van der Waals surface area contributed by atoms with E-state index in [0.717, 1.165) is 50.4 Å². The molecule has 0 radical (unpaired) electrons. The van der Waals surface area contributed by atoms with E-state index in [1.165, 1.54) is 11.3 Å². The fourth-order valence-electron chi connectivity index (χ4n) is 3.26. The first-order valence-electron chi connectivity index (χ1n) is 9.21. The van der Waals surface area contributed by atoms with E-state index in [1.807, 2.05) is 0 Å². The van der Waals surface area contributed by atoms with Crippen LogP contribution in [0.4, 0.5) is 11.5 Å². The molecular formula is C20H29N5. The quantitative estimate of drug-likeness (QED) is 0.840. The molecule has 0 amide bonds. The molecule has 1 N–H and O–H groups in total. The van der Waals surface area contributed by atoms with Gasteiger partial charge in [-0.3, -0.25) is 0 Å². The summed E-state index contributed by atoms with van der Waals surface area (Å²) in [7, 11) is 4.14. The van der Waals surface area contributed by atoms with E-state index in [9.17, 15) is 0 Å². The summed E-state index contributed by atoms with van der Waals surface area (Å²) in [5.74, 6) is 1.07. The molecule has 0 spiro atoms. The molecular weight excluding hydrogens is 310 g/mol. The Morgan fingerprint density at radius 2 is 2.00 bits per heavy atom. The van der Waals surface area contributed by atoms with Crippen molar-refractivity contribution in [2.45, 2.75) is 38.8 Å². The van der Waals surface area contributed by atoms with Gasteiger partial charge in [0.05, 0.1) is 0 Å². The second kappa shape index (κ2) is 8.30. The van der Waals surface area contributed by atoms with Crippen molar-refractivity contribution in [3.63, 3.8) is 0 Å². The number of hydrogen-bond donors (Lipinski definition) is 1. The third kappa shape index (κ3) is 4.69. The Morgan fingerprint density at radius 3 is 2.72 bits per heavy atom. The predicted octanol–water partition coefficient (Wildman–Crippen LogP) is 2.86. The summed E-state index contributed by atoms with van der Waals surface area (Å²) in [4.78, 5) is 13.3. The number of rotatable bonds is 7.